The van der Waals surface area contributed by atoms with Crippen molar-refractivity contribution in [2.75, 3.05) is 23.7 Å². The summed E-state index contributed by atoms with van der Waals surface area (Å²) in [5.74, 6) is -0.476. The minimum atomic E-state index is -3.73. The molecule has 0 unspecified atom stereocenters. The largest absolute Gasteiger partial charge is 0.354 e. The molecular formula is C25H34BrN3O4S. The van der Waals surface area contributed by atoms with Crippen molar-refractivity contribution in [3.8, 4) is 0 Å². The predicted octanol–water partition coefficient (Wildman–Crippen LogP) is 3.97. The van der Waals surface area contributed by atoms with Crippen LogP contribution in [-0.4, -0.2) is 50.5 Å². The first-order valence-corrected chi connectivity index (χ1v) is 13.9. The molecule has 186 valence electrons. The Balaban J connectivity index is 2.34. The van der Waals surface area contributed by atoms with Gasteiger partial charge in [0.2, 0.25) is 21.8 Å². The molecular weight excluding hydrogens is 518 g/mol. The van der Waals surface area contributed by atoms with Gasteiger partial charge in [0.05, 0.1) is 11.9 Å². The van der Waals surface area contributed by atoms with Crippen LogP contribution in [0.15, 0.2) is 53.0 Å². The minimum absolute atomic E-state index is 0.175. The highest BCUT2D eigenvalue weighted by atomic mass is 79.9. The lowest BCUT2D eigenvalue weighted by Crippen LogP contribution is -2.51. The summed E-state index contributed by atoms with van der Waals surface area (Å²) < 4.78 is 27.2. The van der Waals surface area contributed by atoms with Crippen LogP contribution in [0.2, 0.25) is 0 Å². The number of rotatable bonds is 11. The first kappa shape index (κ1) is 27.9. The molecule has 2 amide bonds. The first-order chi connectivity index (χ1) is 15.9. The van der Waals surface area contributed by atoms with E-state index in [0.29, 0.717) is 12.2 Å². The van der Waals surface area contributed by atoms with Gasteiger partial charge < -0.3 is 10.2 Å². The number of aryl methyl sites for hydroxylation is 1. The lowest BCUT2D eigenvalue weighted by Gasteiger charge is -2.31. The fraction of sp³-hybridized carbons (Fsp3) is 0.440. The Morgan fingerprint density at radius 1 is 0.971 bits per heavy atom. The van der Waals surface area contributed by atoms with E-state index < -0.39 is 28.5 Å². The zero-order valence-corrected chi connectivity index (χ0v) is 22.8. The molecule has 0 aliphatic rings. The van der Waals surface area contributed by atoms with Gasteiger partial charge >= 0.3 is 0 Å². The average molecular weight is 553 g/mol. The zero-order chi connectivity index (χ0) is 25.5. The molecule has 0 heterocycles. The van der Waals surface area contributed by atoms with Gasteiger partial charge in [-0.3, -0.25) is 13.9 Å². The number of benzene rings is 2. The van der Waals surface area contributed by atoms with Gasteiger partial charge in [0.15, 0.2) is 0 Å². The van der Waals surface area contributed by atoms with Crippen LogP contribution >= 0.6 is 15.9 Å². The molecule has 0 radical (unpaired) electrons. The molecule has 0 saturated carbocycles. The van der Waals surface area contributed by atoms with Crippen molar-refractivity contribution in [3.63, 3.8) is 0 Å². The second-order valence-electron chi connectivity index (χ2n) is 8.75. The molecule has 1 N–H and O–H groups in total. The fourth-order valence-electron chi connectivity index (χ4n) is 3.33. The molecule has 1 atom stereocenters. The molecule has 0 saturated heterocycles. The molecule has 0 aliphatic heterocycles. The van der Waals surface area contributed by atoms with E-state index in [-0.39, 0.29) is 18.4 Å². The Morgan fingerprint density at radius 3 is 2.03 bits per heavy atom. The number of hydrogen-bond donors (Lipinski definition) is 1. The van der Waals surface area contributed by atoms with Crippen LogP contribution in [0.25, 0.3) is 0 Å². The van der Waals surface area contributed by atoms with Crippen molar-refractivity contribution in [3.05, 3.63) is 64.1 Å². The van der Waals surface area contributed by atoms with Gasteiger partial charge in [-0.25, -0.2) is 8.42 Å². The van der Waals surface area contributed by atoms with Gasteiger partial charge in [-0.15, -0.1) is 0 Å². The second kappa shape index (κ2) is 12.4. The Labute approximate surface area is 211 Å². The SMILES string of the molecule is CCc1ccc(N(CC(=O)N(Cc2ccc(Br)cc2)[C@@H](C)C(=O)NCC(C)C)S(C)(=O)=O)cc1. The van der Waals surface area contributed by atoms with E-state index in [1.54, 1.807) is 19.1 Å². The summed E-state index contributed by atoms with van der Waals surface area (Å²) in [4.78, 5) is 27.7. The van der Waals surface area contributed by atoms with E-state index in [4.69, 9.17) is 0 Å². The van der Waals surface area contributed by atoms with E-state index in [0.717, 1.165) is 32.6 Å². The van der Waals surface area contributed by atoms with Crippen molar-refractivity contribution < 1.29 is 18.0 Å². The summed E-state index contributed by atoms with van der Waals surface area (Å²) in [5.41, 5.74) is 2.31. The number of hydrogen-bond acceptors (Lipinski definition) is 4. The molecule has 9 heteroatoms. The number of anilines is 1. The lowest BCUT2D eigenvalue weighted by atomic mass is 10.1. The summed E-state index contributed by atoms with van der Waals surface area (Å²) in [7, 11) is -3.73. The standard InChI is InChI=1S/C25H34BrN3O4S/c1-6-20-9-13-23(14-10-20)29(34(5,32)33)17-24(30)28(16-21-7-11-22(26)12-8-21)19(4)25(31)27-15-18(2)3/h7-14,18-19H,6,15-17H2,1-5H3,(H,27,31)/t19-/m0/s1. The van der Waals surface area contributed by atoms with Crippen LogP contribution in [0.5, 0.6) is 0 Å². The Hall–Kier alpha value is -2.39. The fourth-order valence-corrected chi connectivity index (χ4v) is 4.45. The van der Waals surface area contributed by atoms with Gasteiger partial charge in [-0.05, 0) is 54.7 Å². The summed E-state index contributed by atoms with van der Waals surface area (Å²) >= 11 is 3.40. The quantitative estimate of drug-likeness (QED) is 0.457. The number of carbonyl (C=O) groups is 2. The van der Waals surface area contributed by atoms with E-state index in [1.165, 1.54) is 4.90 Å². The monoisotopic (exact) mass is 551 g/mol. The third-order valence-electron chi connectivity index (χ3n) is 5.43. The van der Waals surface area contributed by atoms with Crippen molar-refractivity contribution in [2.24, 2.45) is 5.92 Å². The molecule has 2 rings (SSSR count). The molecule has 0 bridgehead atoms. The number of sulfonamides is 1. The lowest BCUT2D eigenvalue weighted by molar-refractivity contribution is -0.139. The number of carbonyl (C=O) groups excluding carboxylic acids is 2. The number of nitrogens with one attached hydrogen (secondary N) is 1. The first-order valence-electron chi connectivity index (χ1n) is 11.3. The van der Waals surface area contributed by atoms with Gasteiger partial charge in [-0.2, -0.15) is 0 Å². The number of amides is 2. The summed E-state index contributed by atoms with van der Waals surface area (Å²) in [6.45, 7) is 7.92. The maximum absolute atomic E-state index is 13.5. The van der Waals surface area contributed by atoms with Crippen molar-refractivity contribution in [1.29, 1.82) is 0 Å². The van der Waals surface area contributed by atoms with Crippen LogP contribution in [-0.2, 0) is 32.6 Å². The van der Waals surface area contributed by atoms with E-state index in [2.05, 4.69) is 21.2 Å². The highest BCUT2D eigenvalue weighted by Gasteiger charge is 2.30. The maximum Gasteiger partial charge on any atom is 0.244 e. The maximum atomic E-state index is 13.5. The summed E-state index contributed by atoms with van der Waals surface area (Å²) in [6.07, 6.45) is 1.90. The molecule has 0 aliphatic carbocycles. The van der Waals surface area contributed by atoms with E-state index in [1.807, 2.05) is 57.2 Å². The molecule has 7 nitrogen and oxygen atoms in total. The molecule has 34 heavy (non-hydrogen) atoms. The Bertz CT molecular complexity index is 1070. The average Bonchev–Trinajstić information content (AvgIpc) is 2.79. The second-order valence-corrected chi connectivity index (χ2v) is 11.6. The Kier molecular flexibility index (Phi) is 10.1. The minimum Gasteiger partial charge on any atom is -0.354 e. The Morgan fingerprint density at radius 2 is 1.53 bits per heavy atom. The van der Waals surface area contributed by atoms with Crippen LogP contribution in [0.1, 0.15) is 38.8 Å². The summed E-state index contributed by atoms with van der Waals surface area (Å²) in [6, 6.07) is 13.8. The van der Waals surface area contributed by atoms with Gasteiger partial charge in [0.1, 0.15) is 12.6 Å². The van der Waals surface area contributed by atoms with Gasteiger partial charge in [-0.1, -0.05) is 61.0 Å². The molecule has 2 aromatic rings. The van der Waals surface area contributed by atoms with Gasteiger partial charge in [0.25, 0.3) is 0 Å². The van der Waals surface area contributed by atoms with Crippen LogP contribution in [0.3, 0.4) is 0 Å². The summed E-state index contributed by atoms with van der Waals surface area (Å²) in [5, 5.41) is 2.87. The molecule has 2 aromatic carbocycles. The van der Waals surface area contributed by atoms with Gasteiger partial charge in [0, 0.05) is 17.6 Å². The van der Waals surface area contributed by atoms with E-state index >= 15 is 0 Å². The van der Waals surface area contributed by atoms with Crippen molar-refractivity contribution in [1.82, 2.24) is 10.2 Å². The van der Waals surface area contributed by atoms with Crippen LogP contribution < -0.4 is 9.62 Å². The van der Waals surface area contributed by atoms with Crippen LogP contribution in [0.4, 0.5) is 5.69 Å². The zero-order valence-electron chi connectivity index (χ0n) is 20.4. The van der Waals surface area contributed by atoms with Crippen molar-refractivity contribution >= 4 is 43.5 Å². The topological polar surface area (TPSA) is 86.8 Å². The van der Waals surface area contributed by atoms with Crippen molar-refractivity contribution in [2.45, 2.75) is 46.7 Å². The third-order valence-corrected chi connectivity index (χ3v) is 7.10. The normalized spacial score (nSPS) is 12.3. The van der Waals surface area contributed by atoms with E-state index in [9.17, 15) is 18.0 Å². The smallest absolute Gasteiger partial charge is 0.244 e. The predicted molar refractivity (Wildman–Crippen MR) is 140 cm³/mol. The third kappa shape index (κ3) is 8.13. The number of halogens is 1. The number of nitrogens with zero attached hydrogens (tertiary/aromatic N) is 2. The highest BCUT2D eigenvalue weighted by molar-refractivity contribution is 9.10. The highest BCUT2D eigenvalue weighted by Crippen LogP contribution is 2.20. The molecule has 0 aromatic heterocycles. The molecule has 0 spiro atoms. The van der Waals surface area contributed by atoms with Crippen LogP contribution in [0, 0.1) is 5.92 Å². The molecule has 0 fully saturated rings.